The molecule has 2 rings (SSSR count). The van der Waals surface area contributed by atoms with E-state index in [1.165, 1.54) is 18.5 Å². The highest BCUT2D eigenvalue weighted by Gasteiger charge is 2.03. The van der Waals surface area contributed by atoms with Crippen LogP contribution < -0.4 is 10.6 Å². The van der Waals surface area contributed by atoms with Crippen molar-refractivity contribution in [2.24, 2.45) is 0 Å². The Balaban J connectivity index is 2.09. The van der Waals surface area contributed by atoms with E-state index in [2.05, 4.69) is 27.2 Å². The van der Waals surface area contributed by atoms with Crippen molar-refractivity contribution in [2.45, 2.75) is 0 Å². The molecular formula is C14H14N4O2. The molecule has 20 heavy (non-hydrogen) atoms. The molecule has 1 aromatic heterocycles. The maximum Gasteiger partial charge on any atom is 0.335 e. The van der Waals surface area contributed by atoms with Crippen molar-refractivity contribution in [3.63, 3.8) is 0 Å². The molecule has 0 saturated heterocycles. The Morgan fingerprint density at radius 2 is 1.95 bits per heavy atom. The van der Waals surface area contributed by atoms with E-state index in [1.807, 2.05) is 0 Å². The average Bonchev–Trinajstić information content (AvgIpc) is 2.46. The minimum Gasteiger partial charge on any atom is -0.478 e. The maximum absolute atomic E-state index is 10.8. The number of benzene rings is 1. The summed E-state index contributed by atoms with van der Waals surface area (Å²) >= 11 is 0. The molecule has 3 N–H and O–H groups in total. The Labute approximate surface area is 116 Å². The Kier molecular flexibility index (Phi) is 4.28. The Bertz CT molecular complexity index is 611. The number of nitrogens with one attached hydrogen (secondary N) is 2. The SMILES string of the molecule is C=CCNc1cc(Nc2ccc(C(=O)O)cc2)ncn1. The fraction of sp³-hybridized carbons (Fsp3) is 0.0714. The molecule has 0 spiro atoms. The highest BCUT2D eigenvalue weighted by molar-refractivity contribution is 5.88. The van der Waals surface area contributed by atoms with E-state index in [4.69, 9.17) is 5.11 Å². The zero-order valence-electron chi connectivity index (χ0n) is 10.7. The second-order valence-corrected chi connectivity index (χ2v) is 3.97. The molecule has 0 amide bonds. The van der Waals surface area contributed by atoms with Crippen LogP contribution in [0.15, 0.2) is 49.3 Å². The summed E-state index contributed by atoms with van der Waals surface area (Å²) in [6, 6.07) is 8.19. The summed E-state index contributed by atoms with van der Waals surface area (Å²) in [7, 11) is 0. The summed E-state index contributed by atoms with van der Waals surface area (Å²) in [5.74, 6) is 0.355. The lowest BCUT2D eigenvalue weighted by Gasteiger charge is -2.07. The third-order valence-electron chi connectivity index (χ3n) is 2.50. The van der Waals surface area contributed by atoms with Gasteiger partial charge in [0, 0.05) is 18.3 Å². The molecule has 6 heteroatoms. The molecule has 1 heterocycles. The lowest BCUT2D eigenvalue weighted by atomic mass is 10.2. The van der Waals surface area contributed by atoms with Crippen molar-refractivity contribution in [2.75, 3.05) is 17.2 Å². The highest BCUT2D eigenvalue weighted by Crippen LogP contribution is 2.16. The number of carboxylic acids is 1. The number of anilines is 3. The van der Waals surface area contributed by atoms with E-state index in [0.717, 1.165) is 5.69 Å². The fourth-order valence-corrected chi connectivity index (χ4v) is 1.54. The van der Waals surface area contributed by atoms with Gasteiger partial charge in [-0.3, -0.25) is 0 Å². The largest absolute Gasteiger partial charge is 0.478 e. The molecule has 0 aliphatic heterocycles. The van der Waals surface area contributed by atoms with Crippen molar-refractivity contribution in [1.82, 2.24) is 9.97 Å². The van der Waals surface area contributed by atoms with Crippen LogP contribution in [0.1, 0.15) is 10.4 Å². The number of carboxylic acid groups (broad SMARTS) is 1. The van der Waals surface area contributed by atoms with Crippen molar-refractivity contribution in [1.29, 1.82) is 0 Å². The van der Waals surface area contributed by atoms with E-state index >= 15 is 0 Å². The minimum atomic E-state index is -0.950. The molecular weight excluding hydrogens is 256 g/mol. The standard InChI is InChI=1S/C14H14N4O2/c1-2-7-15-12-8-13(17-9-16-12)18-11-5-3-10(4-6-11)14(19)20/h2-6,8-9H,1,7H2,(H,19,20)(H2,15,16,17,18). The van der Waals surface area contributed by atoms with Gasteiger partial charge in [-0.2, -0.15) is 0 Å². The van der Waals surface area contributed by atoms with Gasteiger partial charge >= 0.3 is 5.97 Å². The molecule has 0 bridgehead atoms. The smallest absolute Gasteiger partial charge is 0.335 e. The monoisotopic (exact) mass is 270 g/mol. The quantitative estimate of drug-likeness (QED) is 0.699. The predicted octanol–water partition coefficient (Wildman–Crippen LogP) is 2.52. The molecule has 0 radical (unpaired) electrons. The first-order valence-corrected chi connectivity index (χ1v) is 5.96. The van der Waals surface area contributed by atoms with Gasteiger partial charge in [-0.25, -0.2) is 14.8 Å². The summed E-state index contributed by atoms with van der Waals surface area (Å²) in [6.07, 6.45) is 3.18. The first-order chi connectivity index (χ1) is 9.69. The lowest BCUT2D eigenvalue weighted by molar-refractivity contribution is 0.0697. The summed E-state index contributed by atoms with van der Waals surface area (Å²) in [6.45, 7) is 4.23. The normalized spacial score (nSPS) is 9.80. The van der Waals surface area contributed by atoms with Gasteiger partial charge in [0.05, 0.1) is 5.56 Å². The fourth-order valence-electron chi connectivity index (χ4n) is 1.54. The number of rotatable bonds is 6. The molecule has 0 saturated carbocycles. The van der Waals surface area contributed by atoms with Crippen LogP contribution in [0, 0.1) is 0 Å². The number of hydrogen-bond donors (Lipinski definition) is 3. The van der Waals surface area contributed by atoms with E-state index < -0.39 is 5.97 Å². The third kappa shape index (κ3) is 3.55. The summed E-state index contributed by atoms with van der Waals surface area (Å²) in [5.41, 5.74) is 0.995. The number of aromatic nitrogens is 2. The molecule has 0 aliphatic rings. The summed E-state index contributed by atoms with van der Waals surface area (Å²) in [4.78, 5) is 18.9. The van der Waals surface area contributed by atoms with E-state index in [-0.39, 0.29) is 5.56 Å². The molecule has 1 aromatic carbocycles. The van der Waals surface area contributed by atoms with Gasteiger partial charge in [0.25, 0.3) is 0 Å². The number of nitrogens with zero attached hydrogens (tertiary/aromatic N) is 2. The predicted molar refractivity (Wildman–Crippen MR) is 77.4 cm³/mol. The van der Waals surface area contributed by atoms with Crippen LogP contribution in [0.5, 0.6) is 0 Å². The molecule has 0 aliphatic carbocycles. The topological polar surface area (TPSA) is 87.1 Å². The Morgan fingerprint density at radius 3 is 2.60 bits per heavy atom. The first kappa shape index (κ1) is 13.5. The van der Waals surface area contributed by atoms with Gasteiger partial charge in [0.1, 0.15) is 18.0 Å². The van der Waals surface area contributed by atoms with Crippen LogP contribution >= 0.6 is 0 Å². The second kappa shape index (κ2) is 6.33. The highest BCUT2D eigenvalue weighted by atomic mass is 16.4. The zero-order chi connectivity index (χ0) is 14.4. The van der Waals surface area contributed by atoms with Crippen LogP contribution in [-0.2, 0) is 0 Å². The third-order valence-corrected chi connectivity index (χ3v) is 2.50. The first-order valence-electron chi connectivity index (χ1n) is 5.96. The Hall–Kier alpha value is -2.89. The molecule has 0 unspecified atom stereocenters. The minimum absolute atomic E-state index is 0.242. The van der Waals surface area contributed by atoms with Crippen LogP contribution in [0.4, 0.5) is 17.3 Å². The van der Waals surface area contributed by atoms with Crippen LogP contribution in [0.2, 0.25) is 0 Å². The van der Waals surface area contributed by atoms with E-state index in [9.17, 15) is 4.79 Å². The molecule has 0 fully saturated rings. The number of hydrogen-bond acceptors (Lipinski definition) is 5. The van der Waals surface area contributed by atoms with Crippen molar-refractivity contribution in [3.05, 3.63) is 54.9 Å². The average molecular weight is 270 g/mol. The molecule has 6 nitrogen and oxygen atoms in total. The van der Waals surface area contributed by atoms with Crippen molar-refractivity contribution >= 4 is 23.3 Å². The maximum atomic E-state index is 10.8. The number of carbonyl (C=O) groups is 1. The van der Waals surface area contributed by atoms with Gasteiger partial charge < -0.3 is 15.7 Å². The zero-order valence-corrected chi connectivity index (χ0v) is 10.7. The number of aromatic carboxylic acids is 1. The molecule has 2 aromatic rings. The van der Waals surface area contributed by atoms with Gasteiger partial charge in [-0.15, -0.1) is 6.58 Å². The second-order valence-electron chi connectivity index (χ2n) is 3.97. The molecule has 102 valence electrons. The summed E-state index contributed by atoms with van der Waals surface area (Å²) in [5, 5.41) is 15.0. The van der Waals surface area contributed by atoms with Crippen LogP contribution in [0.3, 0.4) is 0 Å². The van der Waals surface area contributed by atoms with Gasteiger partial charge in [0.2, 0.25) is 0 Å². The lowest BCUT2D eigenvalue weighted by Crippen LogP contribution is -2.02. The van der Waals surface area contributed by atoms with Crippen molar-refractivity contribution < 1.29 is 9.90 Å². The van der Waals surface area contributed by atoms with Gasteiger partial charge in [-0.1, -0.05) is 6.08 Å². The van der Waals surface area contributed by atoms with Crippen LogP contribution in [0.25, 0.3) is 0 Å². The van der Waals surface area contributed by atoms with Crippen LogP contribution in [-0.4, -0.2) is 27.6 Å². The van der Waals surface area contributed by atoms with Gasteiger partial charge in [-0.05, 0) is 24.3 Å². The van der Waals surface area contributed by atoms with Crippen molar-refractivity contribution in [3.8, 4) is 0 Å². The molecule has 0 atom stereocenters. The Morgan fingerprint density at radius 1 is 1.25 bits per heavy atom. The van der Waals surface area contributed by atoms with E-state index in [0.29, 0.717) is 18.2 Å². The van der Waals surface area contributed by atoms with Gasteiger partial charge in [0.15, 0.2) is 0 Å². The summed E-state index contributed by atoms with van der Waals surface area (Å²) < 4.78 is 0. The van der Waals surface area contributed by atoms with E-state index in [1.54, 1.807) is 24.3 Å².